The summed E-state index contributed by atoms with van der Waals surface area (Å²) in [4.78, 5) is 1.92. The maximum absolute atomic E-state index is 8.49. The zero-order chi connectivity index (χ0) is 22.9. The van der Waals surface area contributed by atoms with Crippen molar-refractivity contribution in [2.45, 2.75) is 136 Å². The Morgan fingerprint density at radius 1 is 0.400 bits per heavy atom. The van der Waals surface area contributed by atoms with Crippen LogP contribution in [0, 0.1) is 10.2 Å². The molecule has 0 spiro atoms. The van der Waals surface area contributed by atoms with Crippen molar-refractivity contribution >= 4 is 0 Å². The molecule has 0 fully saturated rings. The minimum Gasteiger partial charge on any atom is -0.335 e. The third-order valence-corrected chi connectivity index (χ3v) is 5.65. The lowest BCUT2D eigenvalue weighted by Crippen LogP contribution is -3.12. The van der Waals surface area contributed by atoms with Gasteiger partial charge < -0.3 is 4.90 Å². The first-order valence-corrected chi connectivity index (χ1v) is 14.0. The molecule has 0 aromatic carbocycles. The van der Waals surface area contributed by atoms with E-state index >= 15 is 0 Å². The maximum Gasteiger partial charge on any atom is 0.0770 e. The molecule has 184 valence electrons. The van der Waals surface area contributed by atoms with E-state index in [9.17, 15) is 0 Å². The lowest BCUT2D eigenvalue weighted by atomic mass is 10.1. The van der Waals surface area contributed by atoms with Crippen molar-refractivity contribution < 1.29 is 33.8 Å². The van der Waals surface area contributed by atoms with E-state index in [1.165, 1.54) is 135 Å². The molecule has 6 heteroatoms. The van der Waals surface area contributed by atoms with Crippen molar-refractivity contribution in [1.29, 1.82) is 0 Å². The highest BCUT2D eigenvalue weighted by molar-refractivity contribution is 4.47. The highest BCUT2D eigenvalue weighted by Crippen LogP contribution is 2.06. The Morgan fingerprint density at radius 3 is 0.833 bits per heavy atom. The standard InChI is InChI=1S/C24H51N.ClHO4/c1-4-7-10-13-16-19-22-25(23-20-17-14-11-8-5-2)24-21-18-15-12-9-6-3;2-1(3,4)5/h4-24H2,1-3H3;(H,2,3,4,5). The highest BCUT2D eigenvalue weighted by atomic mass is 35.7. The van der Waals surface area contributed by atoms with E-state index < -0.39 is 10.2 Å². The largest absolute Gasteiger partial charge is 0.335 e. The van der Waals surface area contributed by atoms with Crippen molar-refractivity contribution in [2.75, 3.05) is 19.6 Å². The predicted octanol–water partition coefficient (Wildman–Crippen LogP) is 2.20. The van der Waals surface area contributed by atoms with Crippen LogP contribution in [0.25, 0.3) is 0 Å². The lowest BCUT2D eigenvalue weighted by molar-refractivity contribution is -2.00. The van der Waals surface area contributed by atoms with Crippen LogP contribution in [0.4, 0.5) is 0 Å². The molecule has 5 nitrogen and oxygen atoms in total. The fourth-order valence-corrected chi connectivity index (χ4v) is 3.84. The Hall–Kier alpha value is 0.0900. The van der Waals surface area contributed by atoms with Gasteiger partial charge in [0.15, 0.2) is 0 Å². The van der Waals surface area contributed by atoms with Crippen molar-refractivity contribution in [3.05, 3.63) is 0 Å². The molecule has 1 N–H and O–H groups in total. The lowest BCUT2D eigenvalue weighted by Gasteiger charge is -2.20. The first-order chi connectivity index (χ1) is 14.3. The molecular weight excluding hydrogens is 402 g/mol. The van der Waals surface area contributed by atoms with Gasteiger partial charge in [0.1, 0.15) is 0 Å². The van der Waals surface area contributed by atoms with E-state index in [0.717, 1.165) is 0 Å². The summed E-state index contributed by atoms with van der Waals surface area (Å²) in [6.07, 6.45) is 26.0. The number of hydrogen-bond acceptors (Lipinski definition) is 4. The van der Waals surface area contributed by atoms with Gasteiger partial charge in [-0.2, -0.15) is 0 Å². The van der Waals surface area contributed by atoms with Gasteiger partial charge in [-0.15, -0.1) is 10.2 Å². The van der Waals surface area contributed by atoms with Gasteiger partial charge in [-0.1, -0.05) is 97.8 Å². The van der Waals surface area contributed by atoms with Gasteiger partial charge in [-0.25, -0.2) is 18.6 Å². The molecule has 0 atom stereocenters. The zero-order valence-corrected chi connectivity index (χ0v) is 21.1. The summed E-state index contributed by atoms with van der Waals surface area (Å²) in [7, 11) is -4.94. The Morgan fingerprint density at radius 2 is 0.600 bits per heavy atom. The topological polar surface area (TPSA) is 96.7 Å². The minimum absolute atomic E-state index is 1.37. The fourth-order valence-electron chi connectivity index (χ4n) is 3.84. The van der Waals surface area contributed by atoms with Gasteiger partial charge >= 0.3 is 0 Å². The third-order valence-electron chi connectivity index (χ3n) is 5.65. The Kier molecular flexibility index (Phi) is 27.3. The van der Waals surface area contributed by atoms with Crippen LogP contribution in [-0.4, -0.2) is 19.6 Å². The van der Waals surface area contributed by atoms with Gasteiger partial charge in [0, 0.05) is 0 Å². The van der Waals surface area contributed by atoms with Crippen LogP contribution in [0.1, 0.15) is 136 Å². The molecule has 0 aliphatic heterocycles. The second kappa shape index (κ2) is 25.4. The smallest absolute Gasteiger partial charge is 0.0770 e. The van der Waals surface area contributed by atoms with Gasteiger partial charge in [-0.05, 0) is 38.5 Å². The van der Waals surface area contributed by atoms with E-state index in [4.69, 9.17) is 18.6 Å². The molecule has 0 aliphatic rings. The van der Waals surface area contributed by atoms with Gasteiger partial charge in [0.05, 0.1) is 19.6 Å². The van der Waals surface area contributed by atoms with Gasteiger partial charge in [0.25, 0.3) is 0 Å². The molecule has 0 amide bonds. The Balaban J connectivity index is 0. The van der Waals surface area contributed by atoms with Crippen LogP contribution in [0.5, 0.6) is 0 Å². The summed E-state index contributed by atoms with van der Waals surface area (Å²) in [6.45, 7) is 11.3. The van der Waals surface area contributed by atoms with Gasteiger partial charge in [-0.3, -0.25) is 0 Å². The second-order valence-corrected chi connectivity index (χ2v) is 9.44. The molecule has 0 aromatic rings. The molecule has 30 heavy (non-hydrogen) atoms. The maximum atomic E-state index is 8.49. The Labute approximate surface area is 190 Å². The van der Waals surface area contributed by atoms with Crippen molar-refractivity contribution in [3.8, 4) is 0 Å². The van der Waals surface area contributed by atoms with Gasteiger partial charge in [0.2, 0.25) is 0 Å². The third kappa shape index (κ3) is 35.5. The number of hydrogen-bond donors (Lipinski definition) is 1. The first-order valence-electron chi connectivity index (χ1n) is 12.8. The van der Waals surface area contributed by atoms with Crippen molar-refractivity contribution in [2.24, 2.45) is 0 Å². The highest BCUT2D eigenvalue weighted by Gasteiger charge is 2.08. The molecule has 0 saturated carbocycles. The summed E-state index contributed by atoms with van der Waals surface area (Å²) in [5, 5.41) is 0. The van der Waals surface area contributed by atoms with Crippen LogP contribution < -0.4 is 23.5 Å². The molecule has 0 aliphatic carbocycles. The average molecular weight is 454 g/mol. The number of halogens is 1. The first kappa shape index (κ1) is 32.3. The van der Waals surface area contributed by atoms with Crippen molar-refractivity contribution in [3.63, 3.8) is 0 Å². The monoisotopic (exact) mass is 453 g/mol. The number of quaternary nitrogens is 1. The normalized spacial score (nSPS) is 11.6. The van der Waals surface area contributed by atoms with Crippen LogP contribution in [0.15, 0.2) is 0 Å². The van der Waals surface area contributed by atoms with Crippen molar-refractivity contribution in [1.82, 2.24) is 0 Å². The molecule has 0 bridgehead atoms. The van der Waals surface area contributed by atoms with E-state index in [1.54, 1.807) is 0 Å². The van der Waals surface area contributed by atoms with Crippen LogP contribution >= 0.6 is 0 Å². The summed E-state index contributed by atoms with van der Waals surface area (Å²) < 4.78 is 34.0. The summed E-state index contributed by atoms with van der Waals surface area (Å²) in [5.41, 5.74) is 0. The zero-order valence-electron chi connectivity index (χ0n) is 20.4. The van der Waals surface area contributed by atoms with Crippen LogP contribution in [-0.2, 0) is 0 Å². The summed E-state index contributed by atoms with van der Waals surface area (Å²) in [5.74, 6) is 0. The predicted molar refractivity (Wildman–Crippen MR) is 116 cm³/mol. The summed E-state index contributed by atoms with van der Waals surface area (Å²) in [6, 6.07) is 0. The molecule has 0 rings (SSSR count). The van der Waals surface area contributed by atoms with E-state index in [-0.39, 0.29) is 0 Å². The minimum atomic E-state index is -4.94. The molecule has 0 unspecified atom stereocenters. The molecule has 0 aromatic heterocycles. The molecule has 0 radical (unpaired) electrons. The van der Waals surface area contributed by atoms with Crippen LogP contribution in [0.2, 0.25) is 0 Å². The fraction of sp³-hybridized carbons (Fsp3) is 1.00. The van der Waals surface area contributed by atoms with E-state index in [1.807, 2.05) is 4.90 Å². The molecule has 0 saturated heterocycles. The van der Waals surface area contributed by atoms with E-state index in [0.29, 0.717) is 0 Å². The Bertz CT molecular complexity index is 270. The number of unbranched alkanes of at least 4 members (excludes halogenated alkanes) is 15. The number of nitrogens with one attached hydrogen (secondary N) is 1. The second-order valence-electron chi connectivity index (χ2n) is 8.68. The SMILES string of the molecule is CCCCCCCC[NH+](CCCCCCCC)CCCCCCCC.[O-][Cl+3]([O-])([O-])[O-]. The quantitative estimate of drug-likeness (QED) is 0.269. The molecular formula is C24H52ClNO4. The molecule has 0 heterocycles. The van der Waals surface area contributed by atoms with E-state index in [2.05, 4.69) is 20.8 Å². The average Bonchev–Trinajstić information content (AvgIpc) is 2.68. The van der Waals surface area contributed by atoms with Crippen LogP contribution in [0.3, 0.4) is 0 Å². The summed E-state index contributed by atoms with van der Waals surface area (Å²) >= 11 is 0. The number of rotatable bonds is 21.